The highest BCUT2D eigenvalue weighted by Crippen LogP contribution is 2.22. The summed E-state index contributed by atoms with van der Waals surface area (Å²) in [4.78, 5) is 26.9. The lowest BCUT2D eigenvalue weighted by atomic mass is 10.0. The van der Waals surface area contributed by atoms with Crippen molar-refractivity contribution in [1.29, 1.82) is 0 Å². The standard InChI is InChI=1S/C11H11BrClNO4/c1-17-10(15)8(11(16)18-2)4-6-3-7(12)5-14-9(6)13/h3,5,8H,4H2,1-2H3. The Morgan fingerprint density at radius 3 is 2.44 bits per heavy atom. The van der Waals surface area contributed by atoms with E-state index in [0.29, 0.717) is 10.0 Å². The van der Waals surface area contributed by atoms with Crippen molar-refractivity contribution < 1.29 is 19.1 Å². The first-order chi connectivity index (χ1) is 8.49. The number of esters is 2. The zero-order valence-corrected chi connectivity index (χ0v) is 12.1. The van der Waals surface area contributed by atoms with Gasteiger partial charge in [0, 0.05) is 10.7 Å². The van der Waals surface area contributed by atoms with Crippen LogP contribution in [0.25, 0.3) is 0 Å². The molecule has 18 heavy (non-hydrogen) atoms. The van der Waals surface area contributed by atoms with E-state index in [1.165, 1.54) is 20.4 Å². The topological polar surface area (TPSA) is 65.5 Å². The van der Waals surface area contributed by atoms with Crippen LogP contribution in [0.3, 0.4) is 0 Å². The molecule has 1 aromatic heterocycles. The number of halogens is 2. The van der Waals surface area contributed by atoms with Gasteiger partial charge in [-0.15, -0.1) is 0 Å². The zero-order valence-electron chi connectivity index (χ0n) is 9.78. The first-order valence-electron chi connectivity index (χ1n) is 4.95. The summed E-state index contributed by atoms with van der Waals surface area (Å²) < 4.78 is 9.83. The largest absolute Gasteiger partial charge is 0.468 e. The van der Waals surface area contributed by atoms with Crippen molar-refractivity contribution in [3.05, 3.63) is 27.5 Å². The van der Waals surface area contributed by atoms with Gasteiger partial charge >= 0.3 is 11.9 Å². The molecule has 0 unspecified atom stereocenters. The molecule has 0 radical (unpaired) electrons. The van der Waals surface area contributed by atoms with Crippen LogP contribution in [0.1, 0.15) is 5.56 Å². The molecule has 0 saturated carbocycles. The van der Waals surface area contributed by atoms with Gasteiger partial charge in [-0.2, -0.15) is 0 Å². The van der Waals surface area contributed by atoms with E-state index in [-0.39, 0.29) is 11.6 Å². The van der Waals surface area contributed by atoms with Crippen LogP contribution < -0.4 is 0 Å². The highest BCUT2D eigenvalue weighted by atomic mass is 79.9. The van der Waals surface area contributed by atoms with Crippen LogP contribution in [-0.2, 0) is 25.5 Å². The van der Waals surface area contributed by atoms with E-state index in [1.807, 2.05) is 0 Å². The van der Waals surface area contributed by atoms with E-state index in [2.05, 4.69) is 30.4 Å². The minimum absolute atomic E-state index is 0.0740. The lowest BCUT2D eigenvalue weighted by molar-refractivity contribution is -0.158. The molecule has 0 saturated heterocycles. The summed E-state index contributed by atoms with van der Waals surface area (Å²) >= 11 is 9.14. The molecule has 0 fully saturated rings. The van der Waals surface area contributed by atoms with Crippen molar-refractivity contribution in [3.8, 4) is 0 Å². The number of pyridine rings is 1. The highest BCUT2D eigenvalue weighted by molar-refractivity contribution is 9.10. The molecule has 0 amide bonds. The van der Waals surface area contributed by atoms with Crippen LogP contribution in [0.5, 0.6) is 0 Å². The molecular formula is C11H11BrClNO4. The first-order valence-corrected chi connectivity index (χ1v) is 6.12. The third-order valence-electron chi connectivity index (χ3n) is 2.27. The number of nitrogens with zero attached hydrogens (tertiary/aromatic N) is 1. The third-order valence-corrected chi connectivity index (χ3v) is 3.05. The summed E-state index contributed by atoms with van der Waals surface area (Å²) in [5, 5.41) is 0.232. The van der Waals surface area contributed by atoms with Crippen LogP contribution in [0.15, 0.2) is 16.7 Å². The molecule has 0 aliphatic carbocycles. The van der Waals surface area contributed by atoms with Gasteiger partial charge in [0.15, 0.2) is 5.92 Å². The maximum Gasteiger partial charge on any atom is 0.320 e. The zero-order chi connectivity index (χ0) is 13.7. The van der Waals surface area contributed by atoms with E-state index < -0.39 is 17.9 Å². The van der Waals surface area contributed by atoms with Crippen molar-refractivity contribution in [2.24, 2.45) is 5.92 Å². The molecule has 0 aliphatic rings. The molecule has 5 nitrogen and oxygen atoms in total. The molecule has 0 aromatic carbocycles. The van der Waals surface area contributed by atoms with E-state index in [4.69, 9.17) is 11.6 Å². The Morgan fingerprint density at radius 1 is 1.39 bits per heavy atom. The third kappa shape index (κ3) is 3.68. The van der Waals surface area contributed by atoms with E-state index >= 15 is 0 Å². The Balaban J connectivity index is 2.99. The first kappa shape index (κ1) is 14.9. The molecule has 0 N–H and O–H groups in total. The number of hydrogen-bond acceptors (Lipinski definition) is 5. The number of carbonyl (C=O) groups excluding carboxylic acids is 2. The van der Waals surface area contributed by atoms with Crippen LogP contribution >= 0.6 is 27.5 Å². The van der Waals surface area contributed by atoms with E-state index in [0.717, 1.165) is 0 Å². The quantitative estimate of drug-likeness (QED) is 0.478. The molecule has 0 bridgehead atoms. The molecule has 0 atom stereocenters. The van der Waals surface area contributed by atoms with Crippen LogP contribution in [0, 0.1) is 5.92 Å². The fourth-order valence-electron chi connectivity index (χ4n) is 1.37. The minimum Gasteiger partial charge on any atom is -0.468 e. The molecule has 1 rings (SSSR count). The molecule has 0 aliphatic heterocycles. The fraction of sp³-hybridized carbons (Fsp3) is 0.364. The van der Waals surface area contributed by atoms with Gasteiger partial charge in [0.05, 0.1) is 14.2 Å². The summed E-state index contributed by atoms with van der Waals surface area (Å²) in [6.45, 7) is 0. The maximum absolute atomic E-state index is 11.5. The molecular weight excluding hydrogens is 325 g/mol. The summed E-state index contributed by atoms with van der Waals surface area (Å²) in [6, 6.07) is 1.69. The molecule has 7 heteroatoms. The van der Waals surface area contributed by atoms with Gasteiger partial charge in [0.2, 0.25) is 0 Å². The SMILES string of the molecule is COC(=O)C(Cc1cc(Br)cnc1Cl)C(=O)OC. The monoisotopic (exact) mass is 335 g/mol. The molecule has 1 aromatic rings. The van der Waals surface area contributed by atoms with Crippen molar-refractivity contribution in [2.45, 2.75) is 6.42 Å². The van der Waals surface area contributed by atoms with Gasteiger partial charge in [-0.05, 0) is 34.0 Å². The van der Waals surface area contributed by atoms with Gasteiger partial charge in [-0.3, -0.25) is 9.59 Å². The summed E-state index contributed by atoms with van der Waals surface area (Å²) in [5.74, 6) is -2.38. The maximum atomic E-state index is 11.5. The van der Waals surface area contributed by atoms with Gasteiger partial charge in [-0.25, -0.2) is 4.98 Å². The Kier molecular flexibility index (Phi) is 5.55. The lowest BCUT2D eigenvalue weighted by Gasteiger charge is -2.13. The number of hydrogen-bond donors (Lipinski definition) is 0. The van der Waals surface area contributed by atoms with Crippen molar-refractivity contribution in [3.63, 3.8) is 0 Å². The average Bonchev–Trinajstić information content (AvgIpc) is 2.38. The number of methoxy groups -OCH3 is 2. The average molecular weight is 337 g/mol. The van der Waals surface area contributed by atoms with Crippen molar-refractivity contribution in [2.75, 3.05) is 14.2 Å². The van der Waals surface area contributed by atoms with Gasteiger partial charge in [0.25, 0.3) is 0 Å². The number of ether oxygens (including phenoxy) is 2. The predicted octanol–water partition coefficient (Wildman–Crippen LogP) is 2.00. The smallest absolute Gasteiger partial charge is 0.320 e. The van der Waals surface area contributed by atoms with Crippen molar-refractivity contribution >= 4 is 39.5 Å². The second kappa shape index (κ2) is 6.70. The van der Waals surface area contributed by atoms with Crippen LogP contribution in [-0.4, -0.2) is 31.1 Å². The molecule has 1 heterocycles. The Bertz CT molecular complexity index is 450. The summed E-state index contributed by atoms with van der Waals surface area (Å²) in [6.07, 6.45) is 1.60. The van der Waals surface area contributed by atoms with Crippen LogP contribution in [0.4, 0.5) is 0 Å². The van der Waals surface area contributed by atoms with Gasteiger partial charge in [0.1, 0.15) is 5.15 Å². The number of rotatable bonds is 4. The van der Waals surface area contributed by atoms with Crippen LogP contribution in [0.2, 0.25) is 5.15 Å². The van der Waals surface area contributed by atoms with Gasteiger partial charge < -0.3 is 9.47 Å². The fourth-order valence-corrected chi connectivity index (χ4v) is 1.93. The highest BCUT2D eigenvalue weighted by Gasteiger charge is 2.29. The molecule has 0 spiro atoms. The Labute approximate surface area is 118 Å². The van der Waals surface area contributed by atoms with E-state index in [9.17, 15) is 9.59 Å². The lowest BCUT2D eigenvalue weighted by Crippen LogP contribution is -2.28. The predicted molar refractivity (Wildman–Crippen MR) is 68.2 cm³/mol. The Morgan fingerprint density at radius 2 is 1.94 bits per heavy atom. The Hall–Kier alpha value is -1.14. The number of aromatic nitrogens is 1. The van der Waals surface area contributed by atoms with Crippen molar-refractivity contribution in [1.82, 2.24) is 4.98 Å². The van der Waals surface area contributed by atoms with Gasteiger partial charge in [-0.1, -0.05) is 11.6 Å². The van der Waals surface area contributed by atoms with E-state index in [1.54, 1.807) is 6.07 Å². The molecule has 98 valence electrons. The summed E-state index contributed by atoms with van der Waals surface area (Å²) in [5.41, 5.74) is 0.562. The number of carbonyl (C=O) groups is 2. The summed E-state index contributed by atoms with van der Waals surface area (Å²) in [7, 11) is 2.41. The second-order valence-electron chi connectivity index (χ2n) is 3.41. The second-order valence-corrected chi connectivity index (χ2v) is 4.68. The minimum atomic E-state index is -1.05. The normalized spacial score (nSPS) is 10.3.